The van der Waals surface area contributed by atoms with Gasteiger partial charge in [-0.15, -0.1) is 11.3 Å². The van der Waals surface area contributed by atoms with Crippen LogP contribution in [0.25, 0.3) is 20.2 Å². The number of hydrogen-bond donors (Lipinski definition) is 0. The summed E-state index contributed by atoms with van der Waals surface area (Å²) in [7, 11) is 0. The van der Waals surface area contributed by atoms with Crippen molar-refractivity contribution in [2.75, 3.05) is 26.2 Å². The summed E-state index contributed by atoms with van der Waals surface area (Å²) < 4.78 is 2.53. The highest BCUT2D eigenvalue weighted by molar-refractivity contribution is 7.25. The molecule has 0 saturated heterocycles. The lowest BCUT2D eigenvalue weighted by Gasteiger charge is -2.23. The molecule has 0 bridgehead atoms. The molecule has 39 heavy (non-hydrogen) atoms. The topological polar surface area (TPSA) is 31.2 Å². The van der Waals surface area contributed by atoms with Crippen LogP contribution in [0.4, 0.5) is 11.4 Å². The lowest BCUT2D eigenvalue weighted by molar-refractivity contribution is 0.466. The fourth-order valence-corrected chi connectivity index (χ4v) is 6.06. The van der Waals surface area contributed by atoms with Gasteiger partial charge in [0.05, 0.1) is 11.4 Å². The third-order valence-corrected chi connectivity index (χ3v) is 8.25. The van der Waals surface area contributed by atoms with Crippen LogP contribution < -0.4 is 0 Å². The zero-order valence-electron chi connectivity index (χ0n) is 23.3. The van der Waals surface area contributed by atoms with Crippen LogP contribution in [0.5, 0.6) is 0 Å². The van der Waals surface area contributed by atoms with Gasteiger partial charge >= 0.3 is 0 Å². The SMILES string of the molecule is CCN(CC)C(=Nc1ccc2sc3ccc(N=C(c4ccccc4)N(CC)CC)cc3c2c1)c1ccccc1. The summed E-state index contributed by atoms with van der Waals surface area (Å²) in [6.45, 7) is 12.4. The van der Waals surface area contributed by atoms with Gasteiger partial charge < -0.3 is 9.80 Å². The van der Waals surface area contributed by atoms with E-state index in [9.17, 15) is 0 Å². The molecule has 0 N–H and O–H groups in total. The number of thiophene rings is 1. The van der Waals surface area contributed by atoms with Gasteiger partial charge in [-0.3, -0.25) is 0 Å². The van der Waals surface area contributed by atoms with Crippen molar-refractivity contribution in [3.63, 3.8) is 0 Å². The molecule has 1 heterocycles. The molecule has 0 aliphatic heterocycles. The van der Waals surface area contributed by atoms with Crippen LogP contribution >= 0.6 is 11.3 Å². The summed E-state index contributed by atoms with van der Waals surface area (Å²) in [6.07, 6.45) is 0. The number of hydrogen-bond acceptors (Lipinski definition) is 3. The highest BCUT2D eigenvalue weighted by Gasteiger charge is 2.14. The molecule has 198 valence electrons. The Morgan fingerprint density at radius 3 is 1.28 bits per heavy atom. The average molecular weight is 533 g/mol. The van der Waals surface area contributed by atoms with E-state index in [2.05, 4.69) is 135 Å². The Morgan fingerprint density at radius 2 is 0.923 bits per heavy atom. The Hall–Kier alpha value is -3.96. The first kappa shape index (κ1) is 26.6. The molecule has 0 fully saturated rings. The number of fused-ring (bicyclic) bond motifs is 3. The van der Waals surface area contributed by atoms with Gasteiger partial charge in [0.1, 0.15) is 11.7 Å². The van der Waals surface area contributed by atoms with Gasteiger partial charge in [0.25, 0.3) is 0 Å². The summed E-state index contributed by atoms with van der Waals surface area (Å²) in [5.74, 6) is 2.02. The third-order valence-electron chi connectivity index (χ3n) is 7.10. The second-order valence-corrected chi connectivity index (χ2v) is 10.5. The molecule has 4 nitrogen and oxygen atoms in total. The largest absolute Gasteiger partial charge is 0.357 e. The molecule has 1 aromatic heterocycles. The summed E-state index contributed by atoms with van der Waals surface area (Å²) in [6, 6.07) is 34.1. The first-order chi connectivity index (χ1) is 19.1. The van der Waals surface area contributed by atoms with Gasteiger partial charge in [0, 0.05) is 57.5 Å². The minimum absolute atomic E-state index is 0.908. The van der Waals surface area contributed by atoms with Crippen LogP contribution in [-0.2, 0) is 0 Å². The van der Waals surface area contributed by atoms with Gasteiger partial charge in [-0.1, -0.05) is 60.7 Å². The normalized spacial score (nSPS) is 12.3. The van der Waals surface area contributed by atoms with Crippen LogP contribution in [0.3, 0.4) is 0 Å². The minimum Gasteiger partial charge on any atom is -0.357 e. The molecule has 4 aromatic carbocycles. The first-order valence-electron chi connectivity index (χ1n) is 13.9. The average Bonchev–Trinajstić information content (AvgIpc) is 3.35. The highest BCUT2D eigenvalue weighted by Crippen LogP contribution is 2.38. The van der Waals surface area contributed by atoms with Gasteiger partial charge in [-0.2, -0.15) is 0 Å². The molecular weight excluding hydrogens is 496 g/mol. The highest BCUT2D eigenvalue weighted by atomic mass is 32.1. The standard InChI is InChI=1S/C34H36N4S/c1-5-37(6-2)33(25-15-11-9-12-16-25)35-27-19-21-31-29(23-27)30-24-28(20-22-32(30)39-31)36-34(38(7-3)8-4)26-17-13-10-14-18-26/h9-24H,5-8H2,1-4H3. The van der Waals surface area contributed by atoms with E-state index in [1.54, 1.807) is 0 Å². The zero-order valence-corrected chi connectivity index (χ0v) is 24.1. The van der Waals surface area contributed by atoms with E-state index in [1.165, 1.54) is 20.2 Å². The summed E-state index contributed by atoms with van der Waals surface area (Å²) in [5, 5.41) is 2.45. The third kappa shape index (κ3) is 5.74. The monoisotopic (exact) mass is 532 g/mol. The Balaban J connectivity index is 1.62. The summed E-state index contributed by atoms with van der Waals surface area (Å²) >= 11 is 1.82. The second kappa shape index (κ2) is 12.3. The van der Waals surface area contributed by atoms with Crippen molar-refractivity contribution in [1.29, 1.82) is 0 Å². The van der Waals surface area contributed by atoms with Crippen LogP contribution in [0.1, 0.15) is 38.8 Å². The molecule has 0 radical (unpaired) electrons. The van der Waals surface area contributed by atoms with Gasteiger partial charge in [-0.25, -0.2) is 9.98 Å². The molecule has 5 aromatic rings. The van der Waals surface area contributed by atoms with Crippen LogP contribution in [0.15, 0.2) is 107 Å². The Kier molecular flexibility index (Phi) is 8.38. The molecule has 5 rings (SSSR count). The number of nitrogens with zero attached hydrogens (tertiary/aromatic N) is 4. The van der Waals surface area contributed by atoms with Crippen molar-refractivity contribution in [3.8, 4) is 0 Å². The van der Waals surface area contributed by atoms with Crippen LogP contribution in [-0.4, -0.2) is 47.7 Å². The van der Waals surface area contributed by atoms with Crippen molar-refractivity contribution in [3.05, 3.63) is 108 Å². The lowest BCUT2D eigenvalue weighted by Crippen LogP contribution is -2.31. The molecule has 0 unspecified atom stereocenters. The van der Waals surface area contributed by atoms with Crippen molar-refractivity contribution in [2.45, 2.75) is 27.7 Å². The Morgan fingerprint density at radius 1 is 0.538 bits per heavy atom. The van der Waals surface area contributed by atoms with Gasteiger partial charge in [-0.05, 0) is 64.1 Å². The molecule has 0 saturated carbocycles. The van der Waals surface area contributed by atoms with E-state index in [0.717, 1.165) is 60.4 Å². The predicted molar refractivity (Wildman–Crippen MR) is 170 cm³/mol. The molecule has 0 atom stereocenters. The maximum Gasteiger partial charge on any atom is 0.136 e. The van der Waals surface area contributed by atoms with Crippen molar-refractivity contribution < 1.29 is 0 Å². The number of rotatable bonds is 8. The van der Waals surface area contributed by atoms with E-state index in [1.807, 2.05) is 11.3 Å². The van der Waals surface area contributed by atoms with Crippen LogP contribution in [0.2, 0.25) is 0 Å². The molecule has 0 spiro atoms. The van der Waals surface area contributed by atoms with E-state index in [4.69, 9.17) is 9.98 Å². The van der Waals surface area contributed by atoms with E-state index < -0.39 is 0 Å². The maximum absolute atomic E-state index is 5.18. The molecule has 0 aliphatic carbocycles. The number of benzene rings is 4. The first-order valence-corrected chi connectivity index (χ1v) is 14.7. The lowest BCUT2D eigenvalue weighted by atomic mass is 10.1. The van der Waals surface area contributed by atoms with Gasteiger partial charge in [0.15, 0.2) is 0 Å². The second-order valence-electron chi connectivity index (χ2n) is 9.41. The number of aliphatic imine (C=N–C) groups is 2. The molecule has 0 aliphatic rings. The number of amidine groups is 2. The van der Waals surface area contributed by atoms with E-state index in [0.29, 0.717) is 0 Å². The molecule has 5 heteroatoms. The van der Waals surface area contributed by atoms with E-state index in [-0.39, 0.29) is 0 Å². The quantitative estimate of drug-likeness (QED) is 0.148. The zero-order chi connectivity index (χ0) is 27.2. The van der Waals surface area contributed by atoms with Gasteiger partial charge in [0.2, 0.25) is 0 Å². The van der Waals surface area contributed by atoms with Crippen molar-refractivity contribution in [2.24, 2.45) is 9.98 Å². The van der Waals surface area contributed by atoms with Crippen molar-refractivity contribution >= 4 is 54.6 Å². The fraction of sp³-hybridized carbons (Fsp3) is 0.235. The molecule has 0 amide bonds. The Bertz CT molecular complexity index is 1470. The predicted octanol–water partition coefficient (Wildman–Crippen LogP) is 8.89. The Labute approximate surface area is 236 Å². The fourth-order valence-electron chi connectivity index (χ4n) is 4.99. The summed E-state index contributed by atoms with van der Waals surface area (Å²) in [4.78, 5) is 15.0. The van der Waals surface area contributed by atoms with Crippen LogP contribution in [0, 0.1) is 0 Å². The smallest absolute Gasteiger partial charge is 0.136 e. The summed E-state index contributed by atoms with van der Waals surface area (Å²) in [5.41, 5.74) is 4.21. The van der Waals surface area contributed by atoms with E-state index >= 15 is 0 Å². The minimum atomic E-state index is 0.908. The molecular formula is C34H36N4S. The maximum atomic E-state index is 5.18. The van der Waals surface area contributed by atoms with Crippen molar-refractivity contribution in [1.82, 2.24) is 9.80 Å².